The zero-order valence-corrected chi connectivity index (χ0v) is 21.3. The van der Waals surface area contributed by atoms with E-state index in [-0.39, 0.29) is 20.1 Å². The molecule has 0 bridgehead atoms. The van der Waals surface area contributed by atoms with Crippen molar-refractivity contribution in [3.05, 3.63) is 103 Å². The molecular weight excluding hydrogens is 573 g/mol. The van der Waals surface area contributed by atoms with Gasteiger partial charge in [-0.25, -0.2) is 0 Å². The van der Waals surface area contributed by atoms with Gasteiger partial charge in [0.15, 0.2) is 0 Å². The Labute approximate surface area is 200 Å². The van der Waals surface area contributed by atoms with Crippen LogP contribution in [0.15, 0.2) is 85.2 Å². The molecule has 5 rings (SSSR count). The van der Waals surface area contributed by atoms with Crippen LogP contribution in [-0.4, -0.2) is 18.0 Å². The van der Waals surface area contributed by atoms with Gasteiger partial charge in [0.05, 0.1) is 8.07 Å². The van der Waals surface area contributed by atoms with E-state index in [1.54, 1.807) is 11.4 Å². The maximum Gasteiger partial charge on any atom is 0.0859 e. The van der Waals surface area contributed by atoms with Crippen LogP contribution in [0.3, 0.4) is 0 Å². The average Bonchev–Trinajstić information content (AvgIpc) is 2.80. The summed E-state index contributed by atoms with van der Waals surface area (Å²) in [5, 5.41) is 1.56. The van der Waals surface area contributed by atoms with E-state index in [4.69, 9.17) is 0 Å². The quantitative estimate of drug-likeness (QED) is 0.211. The standard InChI is InChI=1S/C16H18NSi.C11H8N.Ir/c1-13-11-15(14-7-4-3-5-8-14)17-12-16(13)18(2)9-6-10-18;1-2-6-10(7-3-1)11-8-4-5-9-12-11;/h3-5,7,11-12H,6,9-10H2,1-2H3;1-6,8-9H;/q2*-1;. The van der Waals surface area contributed by atoms with Crippen LogP contribution in [0.4, 0.5) is 0 Å². The topological polar surface area (TPSA) is 25.8 Å². The Balaban J connectivity index is 0.000000183. The monoisotopic (exact) mass is 599 g/mol. The molecule has 1 saturated heterocycles. The van der Waals surface area contributed by atoms with Crippen LogP contribution in [0.25, 0.3) is 22.5 Å². The van der Waals surface area contributed by atoms with E-state index < -0.39 is 8.07 Å². The largest absolute Gasteiger partial charge is 0.305 e. The predicted octanol–water partition coefficient (Wildman–Crippen LogP) is 6.09. The molecule has 1 aliphatic rings. The Hall–Kier alpha value is -2.39. The van der Waals surface area contributed by atoms with Gasteiger partial charge in [-0.2, -0.15) is 0 Å². The third-order valence-corrected chi connectivity index (χ3v) is 10.6. The smallest absolute Gasteiger partial charge is 0.0859 e. The molecule has 4 aromatic rings. The van der Waals surface area contributed by atoms with E-state index in [0.717, 1.165) is 22.5 Å². The van der Waals surface area contributed by atoms with Crippen LogP contribution >= 0.6 is 0 Å². The third kappa shape index (κ3) is 5.65. The van der Waals surface area contributed by atoms with E-state index in [1.807, 2.05) is 60.7 Å². The number of hydrogen-bond acceptors (Lipinski definition) is 2. The first kappa shape index (κ1) is 23.3. The minimum Gasteiger partial charge on any atom is -0.305 e. The van der Waals surface area contributed by atoms with Gasteiger partial charge in [-0.3, -0.25) is 0 Å². The molecule has 2 aromatic carbocycles. The fourth-order valence-corrected chi connectivity index (χ4v) is 7.29. The fraction of sp³-hybridized carbons (Fsp3) is 0.185. The predicted molar refractivity (Wildman–Crippen MR) is 127 cm³/mol. The van der Waals surface area contributed by atoms with Gasteiger partial charge < -0.3 is 9.97 Å². The van der Waals surface area contributed by atoms with Crippen molar-refractivity contribution in [1.82, 2.24) is 9.97 Å². The molecule has 1 aliphatic heterocycles. The van der Waals surface area contributed by atoms with Gasteiger partial charge in [0.25, 0.3) is 0 Å². The Morgan fingerprint density at radius 2 is 1.45 bits per heavy atom. The van der Waals surface area contributed by atoms with Crippen LogP contribution in [0.2, 0.25) is 18.6 Å². The second kappa shape index (κ2) is 10.8. The summed E-state index contributed by atoms with van der Waals surface area (Å²) in [5.41, 5.74) is 5.57. The Morgan fingerprint density at radius 3 is 1.94 bits per heavy atom. The molecule has 2 aromatic heterocycles. The Morgan fingerprint density at radius 1 is 0.806 bits per heavy atom. The number of aryl methyl sites for hydroxylation is 1. The number of hydrogen-bond donors (Lipinski definition) is 0. The van der Waals surface area contributed by atoms with Crippen molar-refractivity contribution in [1.29, 1.82) is 0 Å². The summed E-state index contributed by atoms with van der Waals surface area (Å²) in [6.07, 6.45) is 5.34. The van der Waals surface area contributed by atoms with Gasteiger partial charge in [0, 0.05) is 32.5 Å². The van der Waals surface area contributed by atoms with E-state index >= 15 is 0 Å². The molecule has 1 fully saturated rings. The molecule has 0 atom stereocenters. The second-order valence-corrected chi connectivity index (χ2v) is 12.7. The van der Waals surface area contributed by atoms with Crippen LogP contribution in [-0.2, 0) is 20.1 Å². The van der Waals surface area contributed by atoms with Gasteiger partial charge in [-0.15, -0.1) is 71.8 Å². The van der Waals surface area contributed by atoms with Gasteiger partial charge >= 0.3 is 0 Å². The SMILES string of the molecule is Cc1cc(-c2[c-]cccc2)ncc1[Si]1(C)CCC1.[Ir].[c-]1ccccc1-c1ccccn1. The number of nitrogens with zero attached hydrogens (tertiary/aromatic N) is 2. The summed E-state index contributed by atoms with van der Waals surface area (Å²) in [6.45, 7) is 4.73. The van der Waals surface area contributed by atoms with Crippen molar-refractivity contribution < 1.29 is 20.1 Å². The number of benzene rings is 2. The minimum absolute atomic E-state index is 0. The molecule has 159 valence electrons. The average molecular weight is 599 g/mol. The molecule has 4 heteroatoms. The first-order chi connectivity index (χ1) is 14.7. The summed E-state index contributed by atoms with van der Waals surface area (Å²) in [5.74, 6) is 0. The summed E-state index contributed by atoms with van der Waals surface area (Å²) < 4.78 is 0. The maximum absolute atomic E-state index is 4.66. The van der Waals surface area contributed by atoms with Crippen LogP contribution in [0, 0.1) is 19.1 Å². The number of rotatable bonds is 3. The maximum atomic E-state index is 4.66. The molecule has 1 radical (unpaired) electrons. The van der Waals surface area contributed by atoms with Gasteiger partial charge in [-0.05, 0) is 29.6 Å². The number of pyridine rings is 2. The normalized spacial score (nSPS) is 13.7. The molecule has 0 spiro atoms. The van der Waals surface area contributed by atoms with E-state index in [2.05, 4.69) is 53.9 Å². The van der Waals surface area contributed by atoms with Gasteiger partial charge in [-0.1, -0.05) is 48.8 Å². The van der Waals surface area contributed by atoms with Crippen LogP contribution in [0.5, 0.6) is 0 Å². The molecule has 0 unspecified atom stereocenters. The van der Waals surface area contributed by atoms with Crippen molar-refractivity contribution in [2.75, 3.05) is 0 Å². The zero-order chi connectivity index (χ0) is 20.8. The summed E-state index contributed by atoms with van der Waals surface area (Å²) in [4.78, 5) is 8.88. The Bertz CT molecular complexity index is 1040. The summed E-state index contributed by atoms with van der Waals surface area (Å²) in [6, 6.07) is 33.2. The first-order valence-corrected chi connectivity index (χ1v) is 13.4. The Kier molecular flexibility index (Phi) is 8.08. The third-order valence-electron chi connectivity index (χ3n) is 5.85. The summed E-state index contributed by atoms with van der Waals surface area (Å²) in [7, 11) is -1.11. The van der Waals surface area contributed by atoms with Gasteiger partial charge in [0.2, 0.25) is 0 Å². The second-order valence-electron chi connectivity index (χ2n) is 8.07. The molecule has 31 heavy (non-hydrogen) atoms. The first-order valence-electron chi connectivity index (χ1n) is 10.5. The van der Waals surface area contributed by atoms with Crippen molar-refractivity contribution in [3.63, 3.8) is 0 Å². The van der Waals surface area contributed by atoms with Crippen molar-refractivity contribution in [2.24, 2.45) is 0 Å². The molecular formula is C27H26IrN2Si-2. The van der Waals surface area contributed by atoms with Gasteiger partial charge in [0.1, 0.15) is 0 Å². The van der Waals surface area contributed by atoms with Crippen LogP contribution < -0.4 is 5.19 Å². The minimum atomic E-state index is -1.11. The van der Waals surface area contributed by atoms with Crippen LogP contribution in [0.1, 0.15) is 12.0 Å². The molecule has 0 aliphatic carbocycles. The molecule has 0 amide bonds. The summed E-state index contributed by atoms with van der Waals surface area (Å²) >= 11 is 0. The molecule has 0 N–H and O–H groups in total. The van der Waals surface area contributed by atoms with E-state index in [9.17, 15) is 0 Å². The van der Waals surface area contributed by atoms with Crippen molar-refractivity contribution in [2.45, 2.75) is 32.0 Å². The fourth-order valence-electron chi connectivity index (χ4n) is 3.94. The van der Waals surface area contributed by atoms with E-state index in [1.165, 1.54) is 24.1 Å². The molecule has 0 saturated carbocycles. The zero-order valence-electron chi connectivity index (χ0n) is 17.9. The molecule has 3 heterocycles. The number of aromatic nitrogens is 2. The van der Waals surface area contributed by atoms with Crippen molar-refractivity contribution in [3.8, 4) is 22.5 Å². The molecule has 2 nitrogen and oxygen atoms in total. The van der Waals surface area contributed by atoms with Crippen molar-refractivity contribution >= 4 is 13.3 Å². The van der Waals surface area contributed by atoms with E-state index in [0.29, 0.717) is 0 Å².